The molecule has 0 bridgehead atoms. The van der Waals surface area contributed by atoms with E-state index < -0.39 is 0 Å². The van der Waals surface area contributed by atoms with Gasteiger partial charge in [0.2, 0.25) is 0 Å². The molecule has 3 aliphatic rings. The van der Waals surface area contributed by atoms with Crippen molar-refractivity contribution in [3.8, 4) is 0 Å². The van der Waals surface area contributed by atoms with Gasteiger partial charge in [-0.3, -0.25) is 21.0 Å². The van der Waals surface area contributed by atoms with E-state index in [0.717, 1.165) is 52.4 Å². The maximum Gasteiger partial charge on any atom is 0.0766 e. The molecular formula is C13H27N5O. The number of rotatable bonds is 4. The summed E-state index contributed by atoms with van der Waals surface area (Å²) in [7, 11) is 0. The van der Waals surface area contributed by atoms with Crippen LogP contribution in [0.2, 0.25) is 0 Å². The monoisotopic (exact) mass is 269 g/mol. The summed E-state index contributed by atoms with van der Waals surface area (Å²) < 4.78 is 5.38. The summed E-state index contributed by atoms with van der Waals surface area (Å²) in [5.74, 6) is 0. The van der Waals surface area contributed by atoms with E-state index in [-0.39, 0.29) is 0 Å². The third kappa shape index (κ3) is 3.45. The number of fused-ring (bicyclic) bond motifs is 1. The Kier molecular flexibility index (Phi) is 4.68. The van der Waals surface area contributed by atoms with Crippen LogP contribution in [0.25, 0.3) is 0 Å². The molecule has 0 saturated carbocycles. The van der Waals surface area contributed by atoms with E-state index in [1.165, 1.54) is 6.42 Å². The van der Waals surface area contributed by atoms with Gasteiger partial charge in [-0.2, -0.15) is 0 Å². The lowest BCUT2D eigenvalue weighted by Gasteiger charge is -2.41. The van der Waals surface area contributed by atoms with Crippen molar-refractivity contribution >= 4 is 0 Å². The Morgan fingerprint density at radius 1 is 1.32 bits per heavy atom. The van der Waals surface area contributed by atoms with Crippen molar-refractivity contribution in [1.82, 2.24) is 26.0 Å². The summed E-state index contributed by atoms with van der Waals surface area (Å²) in [6.45, 7) is 9.49. The van der Waals surface area contributed by atoms with Crippen LogP contribution in [-0.4, -0.2) is 74.2 Å². The topological polar surface area (TPSA) is 51.8 Å². The molecule has 3 N–H and O–H groups in total. The van der Waals surface area contributed by atoms with Crippen molar-refractivity contribution in [1.29, 1.82) is 0 Å². The Morgan fingerprint density at radius 3 is 3.00 bits per heavy atom. The molecule has 0 amide bonds. The molecular weight excluding hydrogens is 242 g/mol. The minimum atomic E-state index is 0.463. The van der Waals surface area contributed by atoms with Crippen LogP contribution in [0.4, 0.5) is 0 Å². The molecule has 0 aromatic carbocycles. The zero-order valence-corrected chi connectivity index (χ0v) is 11.9. The van der Waals surface area contributed by atoms with Crippen LogP contribution in [0.5, 0.6) is 0 Å². The van der Waals surface area contributed by atoms with Gasteiger partial charge < -0.3 is 4.74 Å². The summed E-state index contributed by atoms with van der Waals surface area (Å²) in [6, 6.07) is 0.599. The highest BCUT2D eigenvalue weighted by Crippen LogP contribution is 2.18. The molecule has 3 atom stereocenters. The molecule has 0 aromatic rings. The molecule has 110 valence electrons. The molecule has 3 saturated heterocycles. The predicted octanol–water partition coefficient (Wildman–Crippen LogP) is -0.847. The molecule has 3 heterocycles. The van der Waals surface area contributed by atoms with Crippen LogP contribution in [-0.2, 0) is 4.74 Å². The molecule has 3 unspecified atom stereocenters. The van der Waals surface area contributed by atoms with Gasteiger partial charge in [0.05, 0.1) is 25.5 Å². The summed E-state index contributed by atoms with van der Waals surface area (Å²) in [6.07, 6.45) is 3.33. The normalized spacial score (nSPS) is 37.4. The number of hydrazine groups is 1. The summed E-state index contributed by atoms with van der Waals surface area (Å²) >= 11 is 0. The molecule has 3 rings (SSSR count). The first-order chi connectivity index (χ1) is 9.33. The van der Waals surface area contributed by atoms with Gasteiger partial charge in [0.15, 0.2) is 0 Å². The molecule has 0 aromatic heterocycles. The summed E-state index contributed by atoms with van der Waals surface area (Å²) in [5.41, 5.74) is 3.49. The van der Waals surface area contributed by atoms with Crippen molar-refractivity contribution in [2.75, 3.05) is 45.9 Å². The number of ether oxygens (including phenoxy) is 1. The first-order valence-corrected chi connectivity index (χ1v) is 7.64. The SMILES string of the molecule is CC1CC(NCCN2CCOCC2)N2NCCC2N1. The average molecular weight is 269 g/mol. The van der Waals surface area contributed by atoms with Crippen LogP contribution in [0.15, 0.2) is 0 Å². The Balaban J connectivity index is 1.43. The highest BCUT2D eigenvalue weighted by molar-refractivity contribution is 4.88. The second kappa shape index (κ2) is 6.47. The molecule has 3 fully saturated rings. The quantitative estimate of drug-likeness (QED) is 0.618. The predicted molar refractivity (Wildman–Crippen MR) is 74.5 cm³/mol. The highest BCUT2D eigenvalue weighted by Gasteiger charge is 2.36. The second-order valence-corrected chi connectivity index (χ2v) is 5.85. The minimum Gasteiger partial charge on any atom is -0.379 e. The molecule has 3 aliphatic heterocycles. The Labute approximate surface area is 115 Å². The number of hydrogen-bond acceptors (Lipinski definition) is 6. The highest BCUT2D eigenvalue weighted by atomic mass is 16.5. The third-order valence-corrected chi connectivity index (χ3v) is 4.35. The van der Waals surface area contributed by atoms with E-state index in [9.17, 15) is 0 Å². The molecule has 0 radical (unpaired) electrons. The fourth-order valence-electron chi connectivity index (χ4n) is 3.31. The van der Waals surface area contributed by atoms with Crippen molar-refractivity contribution < 1.29 is 4.74 Å². The molecule has 0 spiro atoms. The van der Waals surface area contributed by atoms with Crippen molar-refractivity contribution in [3.05, 3.63) is 0 Å². The average Bonchev–Trinajstić information content (AvgIpc) is 2.88. The van der Waals surface area contributed by atoms with Gasteiger partial charge in [0.1, 0.15) is 0 Å². The van der Waals surface area contributed by atoms with Gasteiger partial charge in [-0.15, -0.1) is 0 Å². The van der Waals surface area contributed by atoms with Crippen LogP contribution in [0.1, 0.15) is 19.8 Å². The second-order valence-electron chi connectivity index (χ2n) is 5.85. The van der Waals surface area contributed by atoms with Crippen LogP contribution >= 0.6 is 0 Å². The van der Waals surface area contributed by atoms with E-state index in [0.29, 0.717) is 18.4 Å². The van der Waals surface area contributed by atoms with Crippen LogP contribution in [0.3, 0.4) is 0 Å². The number of nitrogens with one attached hydrogen (secondary N) is 3. The van der Waals surface area contributed by atoms with Gasteiger partial charge in [-0.25, -0.2) is 5.01 Å². The number of nitrogens with zero attached hydrogens (tertiary/aromatic N) is 2. The number of hydrogen-bond donors (Lipinski definition) is 3. The number of morpholine rings is 1. The fraction of sp³-hybridized carbons (Fsp3) is 1.00. The largest absolute Gasteiger partial charge is 0.379 e. The zero-order valence-electron chi connectivity index (χ0n) is 11.9. The molecule has 6 nitrogen and oxygen atoms in total. The smallest absolute Gasteiger partial charge is 0.0766 e. The van der Waals surface area contributed by atoms with E-state index in [4.69, 9.17) is 4.74 Å². The Morgan fingerprint density at radius 2 is 2.16 bits per heavy atom. The maximum atomic E-state index is 5.38. The Bertz CT molecular complexity index is 284. The van der Waals surface area contributed by atoms with Gasteiger partial charge in [-0.05, 0) is 19.8 Å². The Hall–Kier alpha value is -0.240. The standard InChI is InChI=1S/C13H27N5O/c1-11-10-13(18-12(16-11)2-3-15-18)14-4-5-17-6-8-19-9-7-17/h11-16H,2-10H2,1H3. The summed E-state index contributed by atoms with van der Waals surface area (Å²) in [4.78, 5) is 2.48. The van der Waals surface area contributed by atoms with Gasteiger partial charge in [0, 0.05) is 38.8 Å². The van der Waals surface area contributed by atoms with Gasteiger partial charge in [-0.1, -0.05) is 0 Å². The zero-order chi connectivity index (χ0) is 13.1. The fourth-order valence-corrected chi connectivity index (χ4v) is 3.31. The van der Waals surface area contributed by atoms with Crippen molar-refractivity contribution in [3.63, 3.8) is 0 Å². The van der Waals surface area contributed by atoms with E-state index >= 15 is 0 Å². The molecule has 0 aliphatic carbocycles. The molecule has 19 heavy (non-hydrogen) atoms. The maximum absolute atomic E-state index is 5.38. The van der Waals surface area contributed by atoms with Gasteiger partial charge in [0.25, 0.3) is 0 Å². The summed E-state index contributed by atoms with van der Waals surface area (Å²) in [5, 5.41) is 9.73. The molecule has 6 heteroatoms. The van der Waals surface area contributed by atoms with Crippen molar-refractivity contribution in [2.24, 2.45) is 0 Å². The minimum absolute atomic E-state index is 0.463. The van der Waals surface area contributed by atoms with E-state index in [2.05, 4.69) is 32.9 Å². The lowest BCUT2D eigenvalue weighted by atomic mass is 10.1. The van der Waals surface area contributed by atoms with Crippen molar-refractivity contribution in [2.45, 2.75) is 38.1 Å². The first kappa shape index (κ1) is 13.7. The lowest BCUT2D eigenvalue weighted by Crippen LogP contribution is -2.64. The first-order valence-electron chi connectivity index (χ1n) is 7.64. The van der Waals surface area contributed by atoms with E-state index in [1.54, 1.807) is 0 Å². The van der Waals surface area contributed by atoms with E-state index in [1.807, 2.05) is 0 Å². The lowest BCUT2D eigenvalue weighted by molar-refractivity contribution is 0.0177. The van der Waals surface area contributed by atoms with Crippen LogP contribution < -0.4 is 16.1 Å². The van der Waals surface area contributed by atoms with Crippen LogP contribution in [0, 0.1) is 0 Å². The van der Waals surface area contributed by atoms with Gasteiger partial charge >= 0.3 is 0 Å². The third-order valence-electron chi connectivity index (χ3n) is 4.35.